The number of aryl methyl sites for hydroxylation is 2. The lowest BCUT2D eigenvalue weighted by Crippen LogP contribution is -2.16. The predicted octanol–water partition coefficient (Wildman–Crippen LogP) is 3.34. The van der Waals surface area contributed by atoms with Gasteiger partial charge in [0.2, 0.25) is 5.91 Å². The largest absolute Gasteiger partial charge is 0.312 e. The lowest BCUT2D eigenvalue weighted by Gasteiger charge is -2.05. The molecule has 146 valence electrons. The minimum atomic E-state index is -0.458. The highest BCUT2D eigenvalue weighted by atomic mass is 35.5. The van der Waals surface area contributed by atoms with Gasteiger partial charge in [0.25, 0.3) is 0 Å². The van der Waals surface area contributed by atoms with Gasteiger partial charge < -0.3 is 5.32 Å². The van der Waals surface area contributed by atoms with Crippen molar-refractivity contribution in [1.82, 2.24) is 19.6 Å². The van der Waals surface area contributed by atoms with E-state index in [1.807, 2.05) is 24.3 Å². The molecule has 3 rings (SSSR count). The molecule has 10 heteroatoms. The van der Waals surface area contributed by atoms with E-state index < -0.39 is 4.92 Å². The fraction of sp³-hybridized carbons (Fsp3) is 0.278. The molecule has 1 amide bonds. The molecule has 0 radical (unpaired) electrons. The van der Waals surface area contributed by atoms with Crippen molar-refractivity contribution in [3.63, 3.8) is 0 Å². The maximum atomic E-state index is 12.2. The molecule has 2 aromatic heterocycles. The Labute approximate surface area is 166 Å². The zero-order chi connectivity index (χ0) is 20.3. The van der Waals surface area contributed by atoms with Gasteiger partial charge in [-0.05, 0) is 25.5 Å². The fourth-order valence-corrected chi connectivity index (χ4v) is 3.10. The third-order valence-corrected chi connectivity index (χ3v) is 4.64. The first kappa shape index (κ1) is 19.6. The number of hydrogen-bond acceptors (Lipinski definition) is 5. The van der Waals surface area contributed by atoms with E-state index in [2.05, 4.69) is 15.5 Å². The highest BCUT2D eigenvalue weighted by Crippen LogP contribution is 2.22. The van der Waals surface area contributed by atoms with Crippen molar-refractivity contribution in [3.05, 3.63) is 68.6 Å². The summed E-state index contributed by atoms with van der Waals surface area (Å²) in [5.41, 5.74) is 1.68. The van der Waals surface area contributed by atoms with E-state index in [1.165, 1.54) is 4.68 Å². The summed E-state index contributed by atoms with van der Waals surface area (Å²) in [6, 6.07) is 9.18. The van der Waals surface area contributed by atoms with Crippen LogP contribution in [0.2, 0.25) is 5.02 Å². The first-order valence-electron chi connectivity index (χ1n) is 8.60. The zero-order valence-electron chi connectivity index (χ0n) is 15.4. The highest BCUT2D eigenvalue weighted by Gasteiger charge is 2.21. The van der Waals surface area contributed by atoms with Crippen LogP contribution in [0.5, 0.6) is 0 Å². The highest BCUT2D eigenvalue weighted by molar-refractivity contribution is 6.31. The third-order valence-electron chi connectivity index (χ3n) is 4.27. The zero-order valence-corrected chi connectivity index (χ0v) is 16.2. The Morgan fingerprint density at radius 1 is 1.25 bits per heavy atom. The molecule has 0 unspecified atom stereocenters. The van der Waals surface area contributed by atoms with Gasteiger partial charge in [-0.1, -0.05) is 29.8 Å². The average Bonchev–Trinajstić information content (AvgIpc) is 3.18. The standard InChI is InChI=1S/C18H19ClN6O3/c1-12-18(25(27)28)13(2)24(21-12)10-8-17(26)20-16-7-9-23(22-16)11-14-5-3-4-6-15(14)19/h3-7,9H,8,10-11H2,1-2H3,(H,20,22,26). The van der Waals surface area contributed by atoms with Gasteiger partial charge in [-0.15, -0.1) is 0 Å². The van der Waals surface area contributed by atoms with E-state index in [4.69, 9.17) is 11.6 Å². The molecule has 0 bridgehead atoms. The third kappa shape index (κ3) is 4.37. The second kappa shape index (κ2) is 8.22. The first-order valence-corrected chi connectivity index (χ1v) is 8.98. The monoisotopic (exact) mass is 402 g/mol. The van der Waals surface area contributed by atoms with Gasteiger partial charge in [-0.3, -0.25) is 24.3 Å². The Balaban J connectivity index is 1.57. The van der Waals surface area contributed by atoms with Gasteiger partial charge in [-0.2, -0.15) is 10.2 Å². The number of nitro groups is 1. The maximum Gasteiger partial charge on any atom is 0.312 e. The summed E-state index contributed by atoms with van der Waals surface area (Å²) in [6.07, 6.45) is 1.87. The van der Waals surface area contributed by atoms with Crippen molar-refractivity contribution < 1.29 is 9.72 Å². The molecule has 28 heavy (non-hydrogen) atoms. The predicted molar refractivity (Wildman–Crippen MR) is 104 cm³/mol. The minimum Gasteiger partial charge on any atom is -0.309 e. The van der Waals surface area contributed by atoms with E-state index in [0.717, 1.165) is 5.56 Å². The van der Waals surface area contributed by atoms with Crippen LogP contribution in [0.4, 0.5) is 11.5 Å². The van der Waals surface area contributed by atoms with Crippen molar-refractivity contribution in [1.29, 1.82) is 0 Å². The number of amides is 1. The van der Waals surface area contributed by atoms with Crippen LogP contribution >= 0.6 is 11.6 Å². The van der Waals surface area contributed by atoms with Crippen LogP contribution in [-0.4, -0.2) is 30.4 Å². The van der Waals surface area contributed by atoms with Crippen LogP contribution in [0.1, 0.15) is 23.4 Å². The van der Waals surface area contributed by atoms with Gasteiger partial charge in [0.1, 0.15) is 11.4 Å². The number of hydrogen-bond donors (Lipinski definition) is 1. The molecule has 0 aliphatic carbocycles. The van der Waals surface area contributed by atoms with Gasteiger partial charge in [0, 0.05) is 23.7 Å². The Morgan fingerprint density at radius 3 is 2.68 bits per heavy atom. The minimum absolute atomic E-state index is 0.0151. The molecular weight excluding hydrogens is 384 g/mol. The molecule has 2 heterocycles. The molecule has 1 aromatic carbocycles. The van der Waals surface area contributed by atoms with Crippen LogP contribution in [-0.2, 0) is 17.9 Å². The summed E-state index contributed by atoms with van der Waals surface area (Å²) in [5, 5.41) is 22.9. The van der Waals surface area contributed by atoms with Crippen molar-refractivity contribution in [3.8, 4) is 0 Å². The lowest BCUT2D eigenvalue weighted by atomic mass is 10.2. The number of halogens is 1. The Hall–Kier alpha value is -3.20. The van der Waals surface area contributed by atoms with E-state index in [1.54, 1.807) is 30.8 Å². The summed E-state index contributed by atoms with van der Waals surface area (Å²) in [7, 11) is 0. The van der Waals surface area contributed by atoms with E-state index in [-0.39, 0.29) is 24.6 Å². The first-order chi connectivity index (χ1) is 13.3. The number of nitrogens with zero attached hydrogens (tertiary/aromatic N) is 5. The van der Waals surface area contributed by atoms with Gasteiger partial charge in [0.05, 0.1) is 18.0 Å². The van der Waals surface area contributed by atoms with Crippen LogP contribution in [0.15, 0.2) is 36.5 Å². The summed E-state index contributed by atoms with van der Waals surface area (Å²) < 4.78 is 3.16. The molecule has 0 spiro atoms. The number of nitrogens with one attached hydrogen (secondary N) is 1. The van der Waals surface area contributed by atoms with E-state index in [0.29, 0.717) is 28.8 Å². The van der Waals surface area contributed by atoms with E-state index in [9.17, 15) is 14.9 Å². The molecule has 3 aromatic rings. The molecule has 0 aliphatic rings. The molecule has 1 N–H and O–H groups in total. The van der Waals surface area contributed by atoms with Gasteiger partial charge in [0.15, 0.2) is 5.82 Å². The van der Waals surface area contributed by atoms with Crippen LogP contribution in [0, 0.1) is 24.0 Å². The van der Waals surface area contributed by atoms with Crippen LogP contribution in [0.3, 0.4) is 0 Å². The topological polar surface area (TPSA) is 108 Å². The Bertz CT molecular complexity index is 1030. The molecule has 9 nitrogen and oxygen atoms in total. The van der Waals surface area contributed by atoms with Crippen molar-refractivity contribution in [2.45, 2.75) is 33.4 Å². The number of carbonyl (C=O) groups excluding carboxylic acids is 1. The number of rotatable bonds is 7. The number of carbonyl (C=O) groups is 1. The van der Waals surface area contributed by atoms with Crippen molar-refractivity contribution in [2.24, 2.45) is 0 Å². The second-order valence-corrected chi connectivity index (χ2v) is 6.70. The Kier molecular flexibility index (Phi) is 5.74. The average molecular weight is 403 g/mol. The van der Waals surface area contributed by atoms with Crippen molar-refractivity contribution in [2.75, 3.05) is 5.32 Å². The molecule has 0 fully saturated rings. The van der Waals surface area contributed by atoms with Gasteiger partial charge >= 0.3 is 5.69 Å². The van der Waals surface area contributed by atoms with Gasteiger partial charge in [-0.25, -0.2) is 0 Å². The summed E-state index contributed by atoms with van der Waals surface area (Å²) >= 11 is 6.15. The summed E-state index contributed by atoms with van der Waals surface area (Å²) in [5.74, 6) is 0.176. The van der Waals surface area contributed by atoms with Crippen LogP contribution < -0.4 is 5.32 Å². The van der Waals surface area contributed by atoms with Crippen LogP contribution in [0.25, 0.3) is 0 Å². The molecule has 0 atom stereocenters. The SMILES string of the molecule is Cc1nn(CCC(=O)Nc2ccn(Cc3ccccc3Cl)n2)c(C)c1[N+](=O)[O-]. The fourth-order valence-electron chi connectivity index (χ4n) is 2.90. The molecule has 0 saturated heterocycles. The number of anilines is 1. The maximum absolute atomic E-state index is 12.2. The second-order valence-electron chi connectivity index (χ2n) is 6.29. The smallest absolute Gasteiger partial charge is 0.309 e. The quantitative estimate of drug-likeness (QED) is 0.481. The molecular formula is C18H19ClN6O3. The normalized spacial score (nSPS) is 10.8. The number of benzene rings is 1. The lowest BCUT2D eigenvalue weighted by molar-refractivity contribution is -0.386. The Morgan fingerprint density at radius 2 is 2.00 bits per heavy atom. The van der Waals surface area contributed by atoms with Crippen molar-refractivity contribution >= 4 is 29.0 Å². The van der Waals surface area contributed by atoms with E-state index >= 15 is 0 Å². The molecule has 0 saturated carbocycles. The molecule has 0 aliphatic heterocycles. The number of aromatic nitrogens is 4. The summed E-state index contributed by atoms with van der Waals surface area (Å²) in [6.45, 7) is 3.93. The summed E-state index contributed by atoms with van der Waals surface area (Å²) in [4.78, 5) is 22.8.